The number of benzene rings is 2. The summed E-state index contributed by atoms with van der Waals surface area (Å²) in [6.07, 6.45) is 1.15. The number of phenols is 1. The van der Waals surface area contributed by atoms with Crippen LogP contribution in [0.25, 0.3) is 0 Å². The molecule has 0 aromatic heterocycles. The predicted molar refractivity (Wildman–Crippen MR) is 99.0 cm³/mol. The Labute approximate surface area is 163 Å². The highest BCUT2D eigenvalue weighted by Gasteiger charge is 2.19. The SMILES string of the molecule is COc1cc(/C=N\NC(=O)COc2ccc(Cl)cc2Cl)cc([N+](=O)[O-])c1O. The van der Waals surface area contributed by atoms with E-state index in [2.05, 4.69) is 10.5 Å². The van der Waals surface area contributed by atoms with Crippen LogP contribution in [0.2, 0.25) is 10.0 Å². The first-order chi connectivity index (χ1) is 12.8. The van der Waals surface area contributed by atoms with Crippen LogP contribution in [0.5, 0.6) is 17.2 Å². The van der Waals surface area contributed by atoms with Gasteiger partial charge in [-0.2, -0.15) is 5.10 Å². The molecule has 0 saturated heterocycles. The molecule has 2 aromatic rings. The zero-order valence-electron chi connectivity index (χ0n) is 13.8. The van der Waals surface area contributed by atoms with Crippen LogP contribution < -0.4 is 14.9 Å². The number of aromatic hydroxyl groups is 1. The van der Waals surface area contributed by atoms with Crippen molar-refractivity contribution >= 4 is 41.0 Å². The number of nitro benzene ring substituents is 1. The summed E-state index contributed by atoms with van der Waals surface area (Å²) < 4.78 is 10.1. The molecule has 2 aromatic carbocycles. The molecule has 0 heterocycles. The number of carbonyl (C=O) groups excluding carboxylic acids is 1. The molecule has 0 unspecified atom stereocenters. The van der Waals surface area contributed by atoms with Crippen molar-refractivity contribution in [3.8, 4) is 17.2 Å². The molecule has 0 aliphatic heterocycles. The van der Waals surface area contributed by atoms with Crippen molar-refractivity contribution in [1.82, 2.24) is 5.43 Å². The van der Waals surface area contributed by atoms with E-state index in [0.717, 1.165) is 12.3 Å². The number of hydrazone groups is 1. The lowest BCUT2D eigenvalue weighted by molar-refractivity contribution is -0.386. The Kier molecular flexibility index (Phi) is 6.80. The van der Waals surface area contributed by atoms with Gasteiger partial charge in [-0.05, 0) is 24.3 Å². The molecule has 0 aliphatic rings. The normalized spacial score (nSPS) is 10.6. The van der Waals surface area contributed by atoms with Gasteiger partial charge in [0.25, 0.3) is 5.91 Å². The first-order valence-corrected chi connectivity index (χ1v) is 8.02. The van der Waals surface area contributed by atoms with Crippen molar-refractivity contribution in [3.63, 3.8) is 0 Å². The maximum atomic E-state index is 11.7. The van der Waals surface area contributed by atoms with E-state index in [1.165, 1.54) is 25.3 Å². The van der Waals surface area contributed by atoms with Gasteiger partial charge >= 0.3 is 5.69 Å². The number of nitro groups is 1. The fraction of sp³-hybridized carbons (Fsp3) is 0.125. The van der Waals surface area contributed by atoms with Crippen LogP contribution in [-0.2, 0) is 4.79 Å². The summed E-state index contributed by atoms with van der Waals surface area (Å²) in [5.41, 5.74) is 1.88. The van der Waals surface area contributed by atoms with Crippen LogP contribution in [0, 0.1) is 10.1 Å². The largest absolute Gasteiger partial charge is 0.500 e. The Bertz CT molecular complexity index is 904. The second-order valence-corrected chi connectivity index (χ2v) is 5.85. The van der Waals surface area contributed by atoms with Gasteiger partial charge < -0.3 is 14.6 Å². The summed E-state index contributed by atoms with van der Waals surface area (Å²) in [4.78, 5) is 21.9. The molecule has 11 heteroatoms. The maximum Gasteiger partial charge on any atom is 0.315 e. The molecule has 2 N–H and O–H groups in total. The number of halogens is 2. The minimum atomic E-state index is -0.766. The molecular weight excluding hydrogens is 401 g/mol. The van der Waals surface area contributed by atoms with E-state index in [4.69, 9.17) is 32.7 Å². The standard InChI is InChI=1S/C16H13Cl2N3O6/c1-26-14-5-9(4-12(16(14)23)21(24)25)7-19-20-15(22)8-27-13-3-2-10(17)6-11(13)18/h2-7,23H,8H2,1H3,(H,20,22)/b19-7-. The molecule has 9 nitrogen and oxygen atoms in total. The third-order valence-corrected chi connectivity index (χ3v) is 3.68. The highest BCUT2D eigenvalue weighted by molar-refractivity contribution is 6.35. The second-order valence-electron chi connectivity index (χ2n) is 5.00. The minimum Gasteiger partial charge on any atom is -0.500 e. The highest BCUT2D eigenvalue weighted by atomic mass is 35.5. The van der Waals surface area contributed by atoms with Gasteiger partial charge in [0.05, 0.1) is 23.3 Å². The van der Waals surface area contributed by atoms with Gasteiger partial charge in [0.2, 0.25) is 5.75 Å². The van der Waals surface area contributed by atoms with Crippen LogP contribution in [0.1, 0.15) is 5.56 Å². The number of nitrogens with zero attached hydrogens (tertiary/aromatic N) is 2. The number of amides is 1. The van der Waals surface area contributed by atoms with E-state index in [9.17, 15) is 20.0 Å². The molecule has 0 bridgehead atoms. The van der Waals surface area contributed by atoms with Crippen LogP contribution in [0.4, 0.5) is 5.69 Å². The molecular formula is C16H13Cl2N3O6. The van der Waals surface area contributed by atoms with Gasteiger partial charge in [0, 0.05) is 16.7 Å². The van der Waals surface area contributed by atoms with E-state index in [0.29, 0.717) is 5.02 Å². The molecule has 0 aliphatic carbocycles. The van der Waals surface area contributed by atoms with E-state index in [1.54, 1.807) is 6.07 Å². The third kappa shape index (κ3) is 5.47. The zero-order chi connectivity index (χ0) is 20.0. The van der Waals surface area contributed by atoms with Crippen molar-refractivity contribution < 1.29 is 24.3 Å². The van der Waals surface area contributed by atoms with Crippen molar-refractivity contribution in [2.24, 2.45) is 5.10 Å². The fourth-order valence-corrected chi connectivity index (χ4v) is 2.39. The first kappa shape index (κ1) is 20.3. The number of hydrogen-bond donors (Lipinski definition) is 2. The first-order valence-electron chi connectivity index (χ1n) is 7.27. The van der Waals surface area contributed by atoms with Gasteiger partial charge in [0.1, 0.15) is 5.75 Å². The fourth-order valence-electron chi connectivity index (χ4n) is 1.93. The van der Waals surface area contributed by atoms with Gasteiger partial charge in [0.15, 0.2) is 12.4 Å². The van der Waals surface area contributed by atoms with E-state index >= 15 is 0 Å². The van der Waals surface area contributed by atoms with Crippen molar-refractivity contribution in [3.05, 3.63) is 56.1 Å². The summed E-state index contributed by atoms with van der Waals surface area (Å²) in [7, 11) is 1.25. The van der Waals surface area contributed by atoms with Crippen LogP contribution in [0.15, 0.2) is 35.4 Å². The van der Waals surface area contributed by atoms with Crippen molar-refractivity contribution in [2.45, 2.75) is 0 Å². The van der Waals surface area contributed by atoms with Gasteiger partial charge in [-0.1, -0.05) is 23.2 Å². The van der Waals surface area contributed by atoms with Crippen molar-refractivity contribution in [2.75, 3.05) is 13.7 Å². The number of rotatable bonds is 7. The van der Waals surface area contributed by atoms with Gasteiger partial charge in [-0.15, -0.1) is 0 Å². The Hall–Kier alpha value is -3.04. The van der Waals surface area contributed by atoms with Crippen molar-refractivity contribution in [1.29, 1.82) is 0 Å². The highest BCUT2D eigenvalue weighted by Crippen LogP contribution is 2.36. The Morgan fingerprint density at radius 1 is 1.33 bits per heavy atom. The number of phenolic OH excluding ortho intramolecular Hbond substituents is 1. The monoisotopic (exact) mass is 413 g/mol. The third-order valence-electron chi connectivity index (χ3n) is 3.15. The topological polar surface area (TPSA) is 123 Å². The maximum absolute atomic E-state index is 11.7. The van der Waals surface area contributed by atoms with Gasteiger partial charge in [-0.3, -0.25) is 14.9 Å². The summed E-state index contributed by atoms with van der Waals surface area (Å²) in [5, 5.41) is 25.0. The molecule has 0 saturated carbocycles. The number of carbonyl (C=O) groups is 1. The van der Waals surface area contributed by atoms with E-state index in [1.807, 2.05) is 0 Å². The van der Waals surface area contributed by atoms with Gasteiger partial charge in [-0.25, -0.2) is 5.43 Å². The number of methoxy groups -OCH3 is 1. The summed E-state index contributed by atoms with van der Waals surface area (Å²) in [6.45, 7) is -0.363. The molecule has 0 atom stereocenters. The molecule has 0 radical (unpaired) electrons. The Morgan fingerprint density at radius 3 is 2.70 bits per heavy atom. The lowest BCUT2D eigenvalue weighted by Crippen LogP contribution is -2.24. The smallest absolute Gasteiger partial charge is 0.315 e. The average Bonchev–Trinajstić information content (AvgIpc) is 2.61. The predicted octanol–water partition coefficient (Wildman–Crippen LogP) is 3.14. The number of ether oxygens (including phenoxy) is 2. The van der Waals surface area contributed by atoms with Crippen LogP contribution >= 0.6 is 23.2 Å². The molecule has 2 rings (SSSR count). The quantitative estimate of drug-likeness (QED) is 0.408. The Balaban J connectivity index is 1.99. The molecule has 0 fully saturated rings. The Morgan fingerprint density at radius 2 is 2.07 bits per heavy atom. The lowest BCUT2D eigenvalue weighted by atomic mass is 10.2. The average molecular weight is 414 g/mol. The molecule has 142 valence electrons. The van der Waals surface area contributed by atoms with E-state index < -0.39 is 22.3 Å². The van der Waals surface area contributed by atoms with Crippen LogP contribution in [-0.4, -0.2) is 35.9 Å². The van der Waals surface area contributed by atoms with E-state index in [-0.39, 0.29) is 28.7 Å². The summed E-state index contributed by atoms with van der Waals surface area (Å²) >= 11 is 11.7. The van der Waals surface area contributed by atoms with Crippen LogP contribution in [0.3, 0.4) is 0 Å². The second kappa shape index (κ2) is 9.06. The number of hydrogen-bond acceptors (Lipinski definition) is 7. The molecule has 27 heavy (non-hydrogen) atoms. The minimum absolute atomic E-state index is 0.0994. The lowest BCUT2D eigenvalue weighted by Gasteiger charge is -2.07. The molecule has 1 amide bonds. The number of nitrogens with one attached hydrogen (secondary N) is 1. The summed E-state index contributed by atoms with van der Waals surface area (Å²) in [6, 6.07) is 6.95. The zero-order valence-corrected chi connectivity index (χ0v) is 15.3. The molecule has 0 spiro atoms. The summed E-state index contributed by atoms with van der Waals surface area (Å²) in [5.74, 6) is -1.01.